The number of fused-ring (bicyclic) bond motifs is 1. The summed E-state index contributed by atoms with van der Waals surface area (Å²) in [7, 11) is 0. The second-order valence-electron chi connectivity index (χ2n) is 7.42. The summed E-state index contributed by atoms with van der Waals surface area (Å²) in [5, 5.41) is 13.1. The Labute approximate surface area is 184 Å². The van der Waals surface area contributed by atoms with E-state index < -0.39 is 0 Å². The summed E-state index contributed by atoms with van der Waals surface area (Å²) in [4.78, 5) is 16.8. The first kappa shape index (κ1) is 19.7. The van der Waals surface area contributed by atoms with E-state index in [1.165, 1.54) is 0 Å². The Morgan fingerprint density at radius 1 is 1.06 bits per heavy atom. The molecule has 158 valence electrons. The summed E-state index contributed by atoms with van der Waals surface area (Å²) in [6.07, 6.45) is 2.09. The van der Waals surface area contributed by atoms with E-state index in [0.717, 1.165) is 16.8 Å². The van der Waals surface area contributed by atoms with Gasteiger partial charge in [0.05, 0.1) is 18.9 Å². The van der Waals surface area contributed by atoms with E-state index in [1.54, 1.807) is 4.68 Å². The summed E-state index contributed by atoms with van der Waals surface area (Å²) < 4.78 is 7.12. The average Bonchev–Trinajstić information content (AvgIpc) is 3.31. The van der Waals surface area contributed by atoms with Crippen molar-refractivity contribution in [3.8, 4) is 0 Å². The Bertz CT molecular complexity index is 1090. The molecule has 0 spiro atoms. The predicted molar refractivity (Wildman–Crippen MR) is 117 cm³/mol. The average molecular weight is 437 g/mol. The highest BCUT2D eigenvalue weighted by molar-refractivity contribution is 6.30. The van der Waals surface area contributed by atoms with Crippen molar-refractivity contribution in [1.82, 2.24) is 25.1 Å². The third kappa shape index (κ3) is 3.92. The molecule has 3 aromatic rings. The fraction of sp³-hybridized carbons (Fsp3) is 0.273. The second-order valence-corrected chi connectivity index (χ2v) is 7.85. The first-order chi connectivity index (χ1) is 15.2. The van der Waals surface area contributed by atoms with Crippen molar-refractivity contribution < 1.29 is 9.53 Å². The van der Waals surface area contributed by atoms with Crippen LogP contribution in [0.1, 0.15) is 17.2 Å². The van der Waals surface area contributed by atoms with Crippen LogP contribution >= 0.6 is 11.6 Å². The van der Waals surface area contributed by atoms with Crippen LogP contribution in [-0.4, -0.2) is 63.9 Å². The number of morpholine rings is 1. The van der Waals surface area contributed by atoms with E-state index in [-0.39, 0.29) is 18.5 Å². The lowest BCUT2D eigenvalue weighted by molar-refractivity contribution is -0.133. The van der Waals surface area contributed by atoms with Gasteiger partial charge in [-0.1, -0.05) is 59.2 Å². The number of rotatable bonds is 4. The summed E-state index contributed by atoms with van der Waals surface area (Å²) >= 11 is 6.09. The SMILES string of the molecule is O=C(CN1C(c2ccccc2)=C[C@@H](c2ccc(Cl)cc2)n2nnnc21)N1CCOCC1. The zero-order valence-electron chi connectivity index (χ0n) is 16.8. The zero-order valence-corrected chi connectivity index (χ0v) is 17.5. The number of aromatic nitrogens is 4. The van der Waals surface area contributed by atoms with E-state index in [0.29, 0.717) is 37.3 Å². The first-order valence-electron chi connectivity index (χ1n) is 10.1. The number of tetrazole rings is 1. The minimum absolute atomic E-state index is 0.0182. The number of anilines is 1. The number of hydrogen-bond acceptors (Lipinski definition) is 6. The fourth-order valence-electron chi connectivity index (χ4n) is 3.93. The zero-order chi connectivity index (χ0) is 21.2. The molecule has 1 fully saturated rings. The lowest BCUT2D eigenvalue weighted by Crippen LogP contribution is -2.46. The molecule has 1 saturated heterocycles. The van der Waals surface area contributed by atoms with E-state index in [4.69, 9.17) is 16.3 Å². The third-order valence-corrected chi connectivity index (χ3v) is 5.78. The molecule has 8 nitrogen and oxygen atoms in total. The normalized spacial score (nSPS) is 18.5. The van der Waals surface area contributed by atoms with Crippen molar-refractivity contribution in [1.29, 1.82) is 0 Å². The molecular weight excluding hydrogens is 416 g/mol. The van der Waals surface area contributed by atoms with Crippen molar-refractivity contribution in [2.75, 3.05) is 37.7 Å². The van der Waals surface area contributed by atoms with E-state index in [1.807, 2.05) is 64.4 Å². The number of ether oxygens (including phenoxy) is 1. The van der Waals surface area contributed by atoms with Crippen molar-refractivity contribution >= 4 is 29.2 Å². The van der Waals surface area contributed by atoms with Gasteiger partial charge in [0.25, 0.3) is 5.95 Å². The topological polar surface area (TPSA) is 76.4 Å². The van der Waals surface area contributed by atoms with Crippen LogP contribution in [0.2, 0.25) is 5.02 Å². The molecule has 1 aromatic heterocycles. The molecule has 0 bridgehead atoms. The first-order valence-corrected chi connectivity index (χ1v) is 10.5. The molecule has 1 atom stereocenters. The van der Waals surface area contributed by atoms with Crippen LogP contribution in [0.15, 0.2) is 60.7 Å². The van der Waals surface area contributed by atoms with Gasteiger partial charge in [-0.25, -0.2) is 0 Å². The fourth-order valence-corrected chi connectivity index (χ4v) is 4.05. The third-order valence-electron chi connectivity index (χ3n) is 5.53. The number of hydrogen-bond donors (Lipinski definition) is 0. The Hall–Kier alpha value is -3.23. The highest BCUT2D eigenvalue weighted by Crippen LogP contribution is 2.36. The summed E-state index contributed by atoms with van der Waals surface area (Å²) in [5.41, 5.74) is 2.89. The van der Waals surface area contributed by atoms with Gasteiger partial charge in [0.1, 0.15) is 12.6 Å². The largest absolute Gasteiger partial charge is 0.378 e. The molecule has 9 heteroatoms. The summed E-state index contributed by atoms with van der Waals surface area (Å²) in [5.74, 6) is 0.549. The number of benzene rings is 2. The van der Waals surface area contributed by atoms with Crippen molar-refractivity contribution in [2.45, 2.75) is 6.04 Å². The molecule has 2 aliphatic rings. The molecule has 1 amide bonds. The molecule has 0 saturated carbocycles. The van der Waals surface area contributed by atoms with E-state index in [9.17, 15) is 4.79 Å². The van der Waals surface area contributed by atoms with Crippen LogP contribution in [0, 0.1) is 0 Å². The molecule has 2 aromatic carbocycles. The van der Waals surface area contributed by atoms with Crippen molar-refractivity contribution in [3.05, 3.63) is 76.8 Å². The number of halogens is 1. The molecule has 2 aliphatic heterocycles. The molecule has 0 unspecified atom stereocenters. The van der Waals surface area contributed by atoms with E-state index in [2.05, 4.69) is 21.6 Å². The van der Waals surface area contributed by atoms with E-state index >= 15 is 0 Å². The lowest BCUT2D eigenvalue weighted by atomic mass is 10.0. The maximum absolute atomic E-state index is 13.1. The second kappa shape index (κ2) is 8.49. The Kier molecular flexibility index (Phi) is 5.40. The lowest BCUT2D eigenvalue weighted by Gasteiger charge is -2.34. The van der Waals surface area contributed by atoms with Crippen LogP contribution in [0.5, 0.6) is 0 Å². The number of nitrogens with zero attached hydrogens (tertiary/aromatic N) is 6. The van der Waals surface area contributed by atoms with Gasteiger partial charge in [0.15, 0.2) is 0 Å². The van der Waals surface area contributed by atoms with Crippen molar-refractivity contribution in [2.24, 2.45) is 0 Å². The molecule has 0 aliphatic carbocycles. The van der Waals surface area contributed by atoms with Gasteiger partial charge >= 0.3 is 0 Å². The van der Waals surface area contributed by atoms with Gasteiger partial charge in [0.2, 0.25) is 5.91 Å². The van der Waals surface area contributed by atoms with Gasteiger partial charge < -0.3 is 9.64 Å². The molecule has 0 N–H and O–H groups in total. The standard InChI is InChI=1S/C22H21ClN6O2/c23-18-8-6-17(7-9-18)20-14-19(16-4-2-1-3-5-16)28(22-24-25-26-29(20)22)15-21(30)27-10-12-31-13-11-27/h1-9,14,20H,10-13,15H2/t20-/m0/s1. The predicted octanol–water partition coefficient (Wildman–Crippen LogP) is 2.64. The molecule has 31 heavy (non-hydrogen) atoms. The Balaban J connectivity index is 1.55. The minimum Gasteiger partial charge on any atom is -0.378 e. The smallest absolute Gasteiger partial charge is 0.251 e. The molecule has 5 rings (SSSR count). The quantitative estimate of drug-likeness (QED) is 0.625. The molecule has 0 radical (unpaired) electrons. The van der Waals surface area contributed by atoms with Gasteiger partial charge in [-0.15, -0.1) is 0 Å². The molecule has 3 heterocycles. The monoisotopic (exact) mass is 436 g/mol. The van der Waals surface area contributed by atoms with Crippen LogP contribution < -0.4 is 4.90 Å². The number of allylic oxidation sites excluding steroid dienone is 1. The maximum Gasteiger partial charge on any atom is 0.251 e. The van der Waals surface area contributed by atoms with Gasteiger partial charge in [-0.05, 0) is 39.8 Å². The highest BCUT2D eigenvalue weighted by atomic mass is 35.5. The van der Waals surface area contributed by atoms with Crippen LogP contribution in [0.3, 0.4) is 0 Å². The molecular formula is C22H21ClN6O2. The van der Waals surface area contributed by atoms with Crippen LogP contribution in [-0.2, 0) is 9.53 Å². The van der Waals surface area contributed by atoms with Gasteiger partial charge in [-0.3, -0.25) is 9.69 Å². The van der Waals surface area contributed by atoms with Crippen LogP contribution in [0.25, 0.3) is 5.70 Å². The highest BCUT2D eigenvalue weighted by Gasteiger charge is 2.33. The van der Waals surface area contributed by atoms with Crippen LogP contribution in [0.4, 0.5) is 5.95 Å². The van der Waals surface area contributed by atoms with Gasteiger partial charge in [0, 0.05) is 18.1 Å². The van der Waals surface area contributed by atoms with Crippen molar-refractivity contribution in [3.63, 3.8) is 0 Å². The maximum atomic E-state index is 13.1. The summed E-state index contributed by atoms with van der Waals surface area (Å²) in [6.45, 7) is 2.45. The number of carbonyl (C=O) groups excluding carboxylic acids is 1. The minimum atomic E-state index is -0.216. The summed E-state index contributed by atoms with van der Waals surface area (Å²) in [6, 6.07) is 17.4. The number of carbonyl (C=O) groups is 1. The number of amides is 1. The van der Waals surface area contributed by atoms with Gasteiger partial charge in [-0.2, -0.15) is 4.68 Å². The Morgan fingerprint density at radius 3 is 2.55 bits per heavy atom. The Morgan fingerprint density at radius 2 is 1.81 bits per heavy atom.